The molecule has 0 aliphatic carbocycles. The molecule has 1 aliphatic heterocycles. The summed E-state index contributed by atoms with van der Waals surface area (Å²) in [6.45, 7) is 5.99. The Morgan fingerprint density at radius 3 is 2.06 bits per heavy atom. The van der Waals surface area contributed by atoms with E-state index in [9.17, 15) is 27.2 Å². The van der Waals surface area contributed by atoms with E-state index in [1.54, 1.807) is 20.8 Å². The maximum Gasteiger partial charge on any atom is 0.471 e. The van der Waals surface area contributed by atoms with Crippen molar-refractivity contribution >= 4 is 40.7 Å². The molecule has 2 aromatic rings. The molecule has 2 aromatic carbocycles. The lowest BCUT2D eigenvalue weighted by atomic mass is 9.87. The van der Waals surface area contributed by atoms with Gasteiger partial charge < -0.3 is 0 Å². The normalized spacial score (nSPS) is 20.8. The van der Waals surface area contributed by atoms with E-state index in [1.807, 2.05) is 6.07 Å². The van der Waals surface area contributed by atoms with Crippen LogP contribution < -0.4 is 4.90 Å². The molecule has 0 unspecified atom stereocenters. The first-order valence-corrected chi connectivity index (χ1v) is 11.2. The van der Waals surface area contributed by atoms with Gasteiger partial charge in [0, 0.05) is 17.5 Å². The number of carbonyl (C=O) groups excluding carboxylic acids is 2. The Bertz CT molecular complexity index is 1200. The number of rotatable bonds is 3. The SMILES string of the molecule is CC(C)(C)[C@H]1N(c2cc(Cl)c(F)c(Cl)c2)C(=O)[C@@](C)(Cc2ccc(C#N)cc2)N1C(=O)C(F)(F)F. The molecule has 0 aromatic heterocycles. The van der Waals surface area contributed by atoms with E-state index in [4.69, 9.17) is 28.5 Å². The fourth-order valence-electron chi connectivity index (χ4n) is 4.30. The molecule has 1 fully saturated rings. The predicted molar refractivity (Wildman–Crippen MR) is 123 cm³/mol. The fourth-order valence-corrected chi connectivity index (χ4v) is 4.78. The molecule has 3 rings (SSSR count). The van der Waals surface area contributed by atoms with Gasteiger partial charge in [0.1, 0.15) is 11.7 Å². The highest BCUT2D eigenvalue weighted by atomic mass is 35.5. The van der Waals surface area contributed by atoms with Crippen LogP contribution in [-0.2, 0) is 16.0 Å². The van der Waals surface area contributed by atoms with Crippen molar-refractivity contribution in [1.82, 2.24) is 4.90 Å². The molecule has 35 heavy (non-hydrogen) atoms. The Morgan fingerprint density at radius 2 is 1.63 bits per heavy atom. The van der Waals surface area contributed by atoms with Crippen molar-refractivity contribution < 1.29 is 27.2 Å². The molecule has 11 heteroatoms. The van der Waals surface area contributed by atoms with Crippen molar-refractivity contribution in [2.24, 2.45) is 5.41 Å². The molecule has 1 saturated heterocycles. The molecule has 0 radical (unpaired) electrons. The minimum Gasteiger partial charge on any atom is -0.299 e. The molecular weight excluding hydrogens is 509 g/mol. The summed E-state index contributed by atoms with van der Waals surface area (Å²) in [5.41, 5.74) is -2.35. The second-order valence-electron chi connectivity index (χ2n) is 9.57. The van der Waals surface area contributed by atoms with Gasteiger partial charge in [-0.2, -0.15) is 18.4 Å². The van der Waals surface area contributed by atoms with Crippen LogP contribution in [0, 0.1) is 22.6 Å². The lowest BCUT2D eigenvalue weighted by molar-refractivity contribution is -0.194. The minimum atomic E-state index is -5.27. The topological polar surface area (TPSA) is 64.4 Å². The molecule has 0 N–H and O–H groups in total. The van der Waals surface area contributed by atoms with E-state index in [-0.39, 0.29) is 12.1 Å². The standard InChI is InChI=1S/C24H21Cl2F4N3O2/c1-22(2,3)19-32(15-9-16(25)18(27)17(26)10-15)20(34)23(4,33(19)21(35)24(28,29)30)11-13-5-7-14(12-31)8-6-13/h5-10,19H,11H2,1-4H3/t19-,23+/m0/s1. The van der Waals surface area contributed by atoms with Gasteiger partial charge in [-0.3, -0.25) is 19.4 Å². The maximum absolute atomic E-state index is 14.1. The van der Waals surface area contributed by atoms with Gasteiger partial charge in [0.25, 0.3) is 5.91 Å². The average Bonchev–Trinajstić information content (AvgIpc) is 2.98. The van der Waals surface area contributed by atoms with Crippen molar-refractivity contribution in [2.75, 3.05) is 4.90 Å². The number of hydrogen-bond acceptors (Lipinski definition) is 3. The fraction of sp³-hybridized carbons (Fsp3) is 0.375. The van der Waals surface area contributed by atoms with E-state index >= 15 is 0 Å². The van der Waals surface area contributed by atoms with Crippen LogP contribution in [0.5, 0.6) is 0 Å². The molecule has 1 aliphatic rings. The van der Waals surface area contributed by atoms with Gasteiger partial charge in [0.2, 0.25) is 0 Å². The Hall–Kier alpha value is -2.83. The van der Waals surface area contributed by atoms with Crippen LogP contribution in [0.4, 0.5) is 23.2 Å². The van der Waals surface area contributed by atoms with Crippen LogP contribution in [0.25, 0.3) is 0 Å². The van der Waals surface area contributed by atoms with E-state index in [2.05, 4.69) is 0 Å². The quantitative estimate of drug-likeness (QED) is 0.355. The van der Waals surface area contributed by atoms with E-state index < -0.39 is 51.0 Å². The smallest absolute Gasteiger partial charge is 0.299 e. The van der Waals surface area contributed by atoms with E-state index in [0.717, 1.165) is 17.0 Å². The summed E-state index contributed by atoms with van der Waals surface area (Å²) in [5.74, 6) is -3.96. The van der Waals surface area contributed by atoms with Crippen molar-refractivity contribution in [2.45, 2.75) is 52.0 Å². The molecule has 2 amide bonds. The molecule has 0 saturated carbocycles. The number of alkyl halides is 3. The summed E-state index contributed by atoms with van der Waals surface area (Å²) in [4.78, 5) is 28.3. The number of hydrogen-bond donors (Lipinski definition) is 0. The molecule has 186 valence electrons. The third kappa shape index (κ3) is 4.82. The summed E-state index contributed by atoms with van der Waals surface area (Å²) in [6.07, 6.45) is -6.96. The maximum atomic E-state index is 14.1. The van der Waals surface area contributed by atoms with Gasteiger partial charge in [-0.25, -0.2) is 4.39 Å². The van der Waals surface area contributed by atoms with Crippen molar-refractivity contribution in [3.05, 3.63) is 63.4 Å². The molecule has 1 heterocycles. The van der Waals surface area contributed by atoms with E-state index in [0.29, 0.717) is 16.0 Å². The average molecular weight is 530 g/mol. The van der Waals surface area contributed by atoms with E-state index in [1.165, 1.54) is 31.2 Å². The number of nitrogens with zero attached hydrogens (tertiary/aromatic N) is 3. The third-order valence-electron chi connectivity index (χ3n) is 5.81. The summed E-state index contributed by atoms with van der Waals surface area (Å²) >= 11 is 11.8. The molecule has 2 atom stereocenters. The van der Waals surface area contributed by atoms with Gasteiger partial charge in [0.05, 0.1) is 21.7 Å². The molecule has 0 spiro atoms. The lowest BCUT2D eigenvalue weighted by Gasteiger charge is -2.42. The first-order valence-electron chi connectivity index (χ1n) is 10.4. The van der Waals surface area contributed by atoms with Crippen LogP contribution in [0.2, 0.25) is 10.0 Å². The lowest BCUT2D eigenvalue weighted by Crippen LogP contribution is -2.59. The summed E-state index contributed by atoms with van der Waals surface area (Å²) in [5, 5.41) is 8.17. The number of anilines is 1. The summed E-state index contributed by atoms with van der Waals surface area (Å²) < 4.78 is 55.6. The first kappa shape index (κ1) is 26.8. The highest BCUT2D eigenvalue weighted by Gasteiger charge is 2.64. The predicted octanol–water partition coefficient (Wildman–Crippen LogP) is 6.12. The third-order valence-corrected chi connectivity index (χ3v) is 6.36. The Balaban J connectivity index is 2.26. The monoisotopic (exact) mass is 529 g/mol. The number of amides is 2. The second-order valence-corrected chi connectivity index (χ2v) is 10.4. The van der Waals surface area contributed by atoms with Crippen LogP contribution >= 0.6 is 23.2 Å². The van der Waals surface area contributed by atoms with Gasteiger partial charge in [-0.15, -0.1) is 0 Å². The van der Waals surface area contributed by atoms with Crippen LogP contribution in [-0.4, -0.2) is 34.6 Å². The number of nitriles is 1. The Morgan fingerprint density at radius 1 is 1.11 bits per heavy atom. The largest absolute Gasteiger partial charge is 0.471 e. The summed E-state index contributed by atoms with van der Waals surface area (Å²) in [7, 11) is 0. The zero-order valence-electron chi connectivity index (χ0n) is 19.2. The van der Waals surface area contributed by atoms with Crippen molar-refractivity contribution in [3.8, 4) is 6.07 Å². The van der Waals surface area contributed by atoms with Crippen LogP contribution in [0.1, 0.15) is 38.8 Å². The first-order chi connectivity index (χ1) is 16.0. The van der Waals surface area contributed by atoms with Crippen molar-refractivity contribution in [3.63, 3.8) is 0 Å². The highest BCUT2D eigenvalue weighted by molar-refractivity contribution is 6.35. The minimum absolute atomic E-state index is 0.0464. The molecule has 0 bridgehead atoms. The Kier molecular flexibility index (Phi) is 6.88. The number of carbonyl (C=O) groups is 2. The van der Waals surface area contributed by atoms with Crippen molar-refractivity contribution in [1.29, 1.82) is 5.26 Å². The Labute approximate surface area is 209 Å². The molecular formula is C24H21Cl2F4N3O2. The van der Waals surface area contributed by atoms with Crippen LogP contribution in [0.15, 0.2) is 36.4 Å². The van der Waals surface area contributed by atoms with Crippen LogP contribution in [0.3, 0.4) is 0 Å². The number of halogens is 6. The highest BCUT2D eigenvalue weighted by Crippen LogP contribution is 2.46. The van der Waals surface area contributed by atoms with Gasteiger partial charge in [0.15, 0.2) is 5.82 Å². The zero-order valence-corrected chi connectivity index (χ0v) is 20.7. The number of benzene rings is 2. The van der Waals surface area contributed by atoms with Gasteiger partial charge in [-0.05, 0) is 36.8 Å². The molecule has 5 nitrogen and oxygen atoms in total. The van der Waals surface area contributed by atoms with Gasteiger partial charge in [-0.1, -0.05) is 56.1 Å². The zero-order chi connectivity index (χ0) is 26.5. The second kappa shape index (κ2) is 8.99. The summed E-state index contributed by atoms with van der Waals surface area (Å²) in [6, 6.07) is 10.1. The van der Waals surface area contributed by atoms with Gasteiger partial charge >= 0.3 is 12.1 Å².